The van der Waals surface area contributed by atoms with Gasteiger partial charge in [0.2, 0.25) is 0 Å². The second kappa shape index (κ2) is 5.33. The maximum absolute atomic E-state index is 12.4. The highest BCUT2D eigenvalue weighted by Gasteiger charge is 2.41. The maximum Gasteiger partial charge on any atom is 0.254 e. The summed E-state index contributed by atoms with van der Waals surface area (Å²) in [5.74, 6) is 0.382. The second-order valence-corrected chi connectivity index (χ2v) is 5.86. The molecule has 1 aliphatic rings. The molecule has 3 rings (SSSR count). The Morgan fingerprint density at radius 2 is 2.14 bits per heavy atom. The van der Waals surface area contributed by atoms with Crippen LogP contribution in [0.3, 0.4) is 0 Å². The zero-order valence-electron chi connectivity index (χ0n) is 12.1. The first-order chi connectivity index (χ1) is 10.1. The monoisotopic (exact) mass is 284 g/mol. The van der Waals surface area contributed by atoms with Crippen molar-refractivity contribution in [3.8, 4) is 5.69 Å². The topological polar surface area (TPSA) is 72.9 Å². The zero-order chi connectivity index (χ0) is 14.9. The molecule has 21 heavy (non-hydrogen) atoms. The van der Waals surface area contributed by atoms with Gasteiger partial charge in [0.1, 0.15) is 0 Å². The van der Waals surface area contributed by atoms with Crippen molar-refractivity contribution in [1.29, 1.82) is 0 Å². The van der Waals surface area contributed by atoms with Gasteiger partial charge in [0.15, 0.2) is 0 Å². The Hall–Kier alpha value is -2.14. The quantitative estimate of drug-likeness (QED) is 0.878. The molecular formula is C16H20N4O. The van der Waals surface area contributed by atoms with Crippen molar-refractivity contribution in [3.63, 3.8) is 0 Å². The van der Waals surface area contributed by atoms with Gasteiger partial charge < -0.3 is 11.1 Å². The minimum atomic E-state index is -0.314. The molecule has 5 nitrogen and oxygen atoms in total. The van der Waals surface area contributed by atoms with Crippen molar-refractivity contribution in [3.05, 3.63) is 48.3 Å². The fourth-order valence-electron chi connectivity index (χ4n) is 2.53. The van der Waals surface area contributed by atoms with Crippen LogP contribution in [-0.2, 0) is 0 Å². The number of aromatic nitrogens is 2. The van der Waals surface area contributed by atoms with Gasteiger partial charge >= 0.3 is 0 Å². The number of carbonyl (C=O) groups is 1. The van der Waals surface area contributed by atoms with Crippen molar-refractivity contribution < 1.29 is 4.79 Å². The molecule has 0 saturated heterocycles. The summed E-state index contributed by atoms with van der Waals surface area (Å²) < 4.78 is 1.70. The zero-order valence-corrected chi connectivity index (χ0v) is 12.1. The molecule has 1 aromatic heterocycles. The predicted octanol–water partition coefficient (Wildman–Crippen LogP) is 1.73. The highest BCUT2D eigenvalue weighted by atomic mass is 16.1. The van der Waals surface area contributed by atoms with Crippen LogP contribution in [0, 0.1) is 5.92 Å². The first kappa shape index (κ1) is 13.8. The lowest BCUT2D eigenvalue weighted by Gasteiger charge is -2.29. The molecule has 0 radical (unpaired) electrons. The van der Waals surface area contributed by atoms with Gasteiger partial charge in [-0.3, -0.25) is 4.79 Å². The number of hydrogen-bond acceptors (Lipinski definition) is 3. The fraction of sp³-hybridized carbons (Fsp3) is 0.375. The minimum absolute atomic E-state index is 0.114. The molecule has 1 aliphatic carbocycles. The van der Waals surface area contributed by atoms with Crippen LogP contribution in [0.4, 0.5) is 0 Å². The summed E-state index contributed by atoms with van der Waals surface area (Å²) in [5.41, 5.74) is 7.01. The first-order valence-corrected chi connectivity index (χ1v) is 7.25. The lowest BCUT2D eigenvalue weighted by molar-refractivity contribution is 0.0898. The Balaban J connectivity index is 1.75. The average Bonchev–Trinajstić information content (AvgIpc) is 3.26. The molecule has 0 bridgehead atoms. The largest absolute Gasteiger partial charge is 0.345 e. The van der Waals surface area contributed by atoms with E-state index in [0.717, 1.165) is 18.5 Å². The summed E-state index contributed by atoms with van der Waals surface area (Å²) in [6.07, 6.45) is 5.61. The number of nitrogens with zero attached hydrogens (tertiary/aromatic N) is 2. The lowest BCUT2D eigenvalue weighted by atomic mass is 9.95. The van der Waals surface area contributed by atoms with E-state index in [0.29, 0.717) is 18.0 Å². The maximum atomic E-state index is 12.4. The van der Waals surface area contributed by atoms with Crippen molar-refractivity contribution >= 4 is 5.91 Å². The van der Waals surface area contributed by atoms with Crippen molar-refractivity contribution in [2.45, 2.75) is 25.3 Å². The van der Waals surface area contributed by atoms with Crippen LogP contribution in [0.5, 0.6) is 0 Å². The number of nitrogens with two attached hydrogens (primary N) is 1. The number of hydrogen-bond donors (Lipinski definition) is 2. The van der Waals surface area contributed by atoms with Gasteiger partial charge in [0.25, 0.3) is 5.91 Å². The van der Waals surface area contributed by atoms with Gasteiger partial charge in [-0.15, -0.1) is 0 Å². The van der Waals surface area contributed by atoms with E-state index in [2.05, 4.69) is 10.4 Å². The minimum Gasteiger partial charge on any atom is -0.345 e. The number of carbonyl (C=O) groups excluding carboxylic acids is 1. The summed E-state index contributed by atoms with van der Waals surface area (Å²) in [6, 6.07) is 9.72. The van der Waals surface area contributed by atoms with Gasteiger partial charge in [0.05, 0.1) is 23.0 Å². The Morgan fingerprint density at radius 1 is 1.43 bits per heavy atom. The fourth-order valence-corrected chi connectivity index (χ4v) is 2.53. The SMILES string of the molecule is CC(CN)(NC(=O)c1cnn(-c2ccccc2)c1)C1CC1. The molecule has 1 amide bonds. The van der Waals surface area contributed by atoms with Crippen LogP contribution in [0.15, 0.2) is 42.7 Å². The van der Waals surface area contributed by atoms with Crippen molar-refractivity contribution in [2.75, 3.05) is 6.54 Å². The van der Waals surface area contributed by atoms with Crippen molar-refractivity contribution in [1.82, 2.24) is 15.1 Å². The van der Waals surface area contributed by atoms with Crippen LogP contribution in [0.2, 0.25) is 0 Å². The molecule has 0 aliphatic heterocycles. The van der Waals surface area contributed by atoms with Crippen LogP contribution in [-0.4, -0.2) is 27.8 Å². The number of para-hydroxylation sites is 1. The second-order valence-electron chi connectivity index (χ2n) is 5.86. The molecule has 1 atom stereocenters. The average molecular weight is 284 g/mol. The highest BCUT2D eigenvalue weighted by Crippen LogP contribution is 2.39. The van der Waals surface area contributed by atoms with E-state index < -0.39 is 0 Å². The Labute approximate surface area is 124 Å². The summed E-state index contributed by atoms with van der Waals surface area (Å²) in [7, 11) is 0. The smallest absolute Gasteiger partial charge is 0.254 e. The van der Waals surface area contributed by atoms with Crippen molar-refractivity contribution in [2.24, 2.45) is 11.7 Å². The van der Waals surface area contributed by atoms with Crippen LogP contribution in [0.1, 0.15) is 30.1 Å². The third-order valence-electron chi connectivity index (χ3n) is 4.17. The normalized spacial score (nSPS) is 17.2. The van der Waals surface area contributed by atoms with E-state index in [1.807, 2.05) is 37.3 Å². The third-order valence-corrected chi connectivity index (χ3v) is 4.17. The Kier molecular flexibility index (Phi) is 3.51. The molecule has 1 aromatic carbocycles. The van der Waals surface area contributed by atoms with E-state index in [1.165, 1.54) is 0 Å². The van der Waals surface area contributed by atoms with Crippen LogP contribution in [0.25, 0.3) is 5.69 Å². The van der Waals surface area contributed by atoms with Gasteiger partial charge in [0, 0.05) is 12.7 Å². The standard InChI is InChI=1S/C16H20N4O/c1-16(11-17,13-7-8-13)19-15(21)12-9-18-20(10-12)14-5-3-2-4-6-14/h2-6,9-10,13H,7-8,11,17H2,1H3,(H,19,21). The van der Waals surface area contributed by atoms with E-state index in [-0.39, 0.29) is 11.4 Å². The summed E-state index contributed by atoms with van der Waals surface area (Å²) in [4.78, 5) is 12.4. The molecule has 3 N–H and O–H groups in total. The molecule has 1 heterocycles. The van der Waals surface area contributed by atoms with E-state index >= 15 is 0 Å². The molecule has 110 valence electrons. The molecule has 5 heteroatoms. The summed E-state index contributed by atoms with van der Waals surface area (Å²) in [6.45, 7) is 2.47. The molecule has 2 aromatic rings. The highest BCUT2D eigenvalue weighted by molar-refractivity contribution is 5.94. The Bertz CT molecular complexity index is 633. The molecule has 1 fully saturated rings. The van der Waals surface area contributed by atoms with Gasteiger partial charge in [-0.1, -0.05) is 18.2 Å². The van der Waals surface area contributed by atoms with Gasteiger partial charge in [-0.2, -0.15) is 5.10 Å². The van der Waals surface area contributed by atoms with E-state index in [1.54, 1.807) is 17.1 Å². The number of rotatable bonds is 5. The number of nitrogens with one attached hydrogen (secondary N) is 1. The Morgan fingerprint density at radius 3 is 2.76 bits per heavy atom. The lowest BCUT2D eigenvalue weighted by Crippen LogP contribution is -2.53. The van der Waals surface area contributed by atoms with Gasteiger partial charge in [-0.25, -0.2) is 4.68 Å². The number of benzene rings is 1. The molecule has 1 saturated carbocycles. The van der Waals surface area contributed by atoms with Crippen LogP contribution < -0.4 is 11.1 Å². The predicted molar refractivity (Wildman–Crippen MR) is 81.2 cm³/mol. The molecular weight excluding hydrogens is 264 g/mol. The molecule has 0 spiro atoms. The van der Waals surface area contributed by atoms with E-state index in [4.69, 9.17) is 5.73 Å². The first-order valence-electron chi connectivity index (χ1n) is 7.25. The summed E-state index contributed by atoms with van der Waals surface area (Å²) >= 11 is 0. The van der Waals surface area contributed by atoms with E-state index in [9.17, 15) is 4.79 Å². The van der Waals surface area contributed by atoms with Gasteiger partial charge in [-0.05, 0) is 37.8 Å². The number of amides is 1. The third kappa shape index (κ3) is 2.83. The van der Waals surface area contributed by atoms with Crippen LogP contribution >= 0.6 is 0 Å². The summed E-state index contributed by atoms with van der Waals surface area (Å²) in [5, 5.41) is 7.32. The molecule has 1 unspecified atom stereocenters.